The van der Waals surface area contributed by atoms with E-state index < -0.39 is 92.1 Å². The third-order valence-electron chi connectivity index (χ3n) is 11.8. The van der Waals surface area contributed by atoms with Crippen LogP contribution >= 0.6 is 23.1 Å². The minimum atomic E-state index is -1.99. The molecule has 63 heavy (non-hydrogen) atoms. The number of amides is 3. The van der Waals surface area contributed by atoms with Crippen LogP contribution in [0.4, 0.5) is 5.13 Å². The van der Waals surface area contributed by atoms with Gasteiger partial charge in [0.1, 0.15) is 28.8 Å². The molecule has 0 unspecified atom stereocenters. The summed E-state index contributed by atoms with van der Waals surface area (Å²) in [5, 5.41) is 67.0. The number of aliphatic carboxylic acids is 3. The van der Waals surface area contributed by atoms with Crippen molar-refractivity contribution < 1.29 is 63.6 Å². The highest BCUT2D eigenvalue weighted by Gasteiger charge is 2.70. The number of carbonyl (C=O) groups excluding carboxylic acids is 4. The number of thioether (sulfide) groups is 1. The smallest absolute Gasteiger partial charge is 0.348 e. The first-order valence-corrected chi connectivity index (χ1v) is 21.9. The number of nitrogens with two attached hydrogens (primary N) is 1. The lowest BCUT2D eigenvalue weighted by Crippen LogP contribution is -2.81. The van der Waals surface area contributed by atoms with Crippen LogP contribution in [-0.2, 0) is 35.4 Å². The number of likely N-dealkylation sites (tertiary alicyclic amines) is 1. The van der Waals surface area contributed by atoms with E-state index in [4.69, 9.17) is 15.7 Å². The lowest BCUT2D eigenvalue weighted by atomic mass is 9.85. The number of quaternary nitrogens is 1. The fourth-order valence-electron chi connectivity index (χ4n) is 8.78. The molecule has 8 N–H and O–H groups in total. The van der Waals surface area contributed by atoms with Crippen molar-refractivity contribution in [2.24, 2.45) is 5.16 Å². The molecule has 22 nitrogen and oxygen atoms in total. The average molecular weight is 914 g/mol. The number of hydrogen-bond acceptors (Lipinski definition) is 17. The van der Waals surface area contributed by atoms with Crippen LogP contribution in [0.2, 0.25) is 0 Å². The molecule has 1 aromatic carbocycles. The number of rotatable bonds is 18. The lowest BCUT2D eigenvalue weighted by Gasteiger charge is -2.64. The van der Waals surface area contributed by atoms with Gasteiger partial charge in [-0.05, 0) is 32.3 Å². The number of phenols is 2. The van der Waals surface area contributed by atoms with Gasteiger partial charge in [-0.25, -0.2) is 9.78 Å². The second kappa shape index (κ2) is 17.8. The SMILES string of the molecule is CCn1nc(C(=O)NCC[N+]2(C3=C(C(=O)[O-])N4C(=O)[C@@H](NC(=O)/C(=N\O[C@@H](CC(=O)O)C(=O)O)c5csc(N)n5)[C@@]4(CC)SC3(CC)CC)CCCC2)c(=O)c2cc(O)c(O)cc21. The van der Waals surface area contributed by atoms with Crippen molar-refractivity contribution in [3.8, 4) is 11.5 Å². The number of thiazole rings is 1. The number of β-lactam (4-membered cyclic amide) rings is 1. The number of aromatic hydroxyl groups is 2. The van der Waals surface area contributed by atoms with Crippen LogP contribution in [0, 0.1) is 0 Å². The van der Waals surface area contributed by atoms with Crippen LogP contribution in [0.25, 0.3) is 10.9 Å². The van der Waals surface area contributed by atoms with Gasteiger partial charge in [0.25, 0.3) is 17.7 Å². The van der Waals surface area contributed by atoms with Gasteiger partial charge in [-0.1, -0.05) is 25.9 Å². The minimum absolute atomic E-state index is 0.00300. The van der Waals surface area contributed by atoms with Gasteiger partial charge in [0.05, 0.1) is 47.7 Å². The number of benzene rings is 1. The summed E-state index contributed by atoms with van der Waals surface area (Å²) >= 11 is 2.25. The Hall–Kier alpha value is -6.27. The average Bonchev–Trinajstić information content (AvgIpc) is 3.91. The number of oxime groups is 1. The number of nitrogens with one attached hydrogen (secondary N) is 2. The number of nitrogens with zero attached hydrogens (tertiary/aromatic N) is 6. The number of fused-ring (bicyclic) bond motifs is 2. The molecular weight excluding hydrogens is 867 g/mol. The highest BCUT2D eigenvalue weighted by molar-refractivity contribution is 8.02. The first-order chi connectivity index (χ1) is 29.8. The standard InChI is InChI=1S/C39H47N9O13S2/c1-5-38(6-2)31(48(12-9-10-13-48)14-11-41-32(54)27-29(53)19-15-22(49)23(50)16-21(19)46(8-4)44-27)28(36(59)60)47-34(56)30(39(47,7-3)63-38)43-33(55)26(20-18-62-37(40)42-20)45-61-24(35(57)58)17-25(51)52/h15-16,18,24,30H,5-14,17H2,1-4H3,(H8-,40,41,42,43,44,45,49,50,51,52,53,54,55,57,58,59,60)/t24-,30+,39+/m0/s1. The Bertz CT molecular complexity index is 2510. The molecule has 3 aliphatic heterocycles. The molecule has 0 aliphatic carbocycles. The fourth-order valence-corrected chi connectivity index (χ4v) is 11.4. The molecular formula is C39H47N9O13S2. The predicted octanol–water partition coefficient (Wildman–Crippen LogP) is 0.256. The van der Waals surface area contributed by atoms with Crippen molar-refractivity contribution in [1.82, 2.24) is 30.3 Å². The molecule has 2 fully saturated rings. The number of anilines is 1. The number of aryl methyl sites for hydroxylation is 1. The van der Waals surface area contributed by atoms with Crippen molar-refractivity contribution in [2.75, 3.05) is 31.9 Å². The van der Waals surface area contributed by atoms with E-state index in [9.17, 15) is 54.0 Å². The molecule has 5 heterocycles. The Labute approximate surface area is 367 Å². The predicted molar refractivity (Wildman–Crippen MR) is 224 cm³/mol. The van der Waals surface area contributed by atoms with Gasteiger partial charge in [0, 0.05) is 30.8 Å². The molecule has 6 rings (SSSR count). The molecule has 3 amide bonds. The zero-order chi connectivity index (χ0) is 46.2. The van der Waals surface area contributed by atoms with Gasteiger partial charge < -0.3 is 51.5 Å². The van der Waals surface area contributed by atoms with E-state index >= 15 is 0 Å². The minimum Gasteiger partial charge on any atom is -0.543 e. The Morgan fingerprint density at radius 3 is 2.29 bits per heavy atom. The Kier molecular flexibility index (Phi) is 13.1. The summed E-state index contributed by atoms with van der Waals surface area (Å²) < 4.78 is 0.438. The number of phenolic OH excluding ortho intramolecular Hbond substituents is 2. The van der Waals surface area contributed by atoms with E-state index in [-0.39, 0.29) is 58.0 Å². The van der Waals surface area contributed by atoms with Crippen LogP contribution in [0.15, 0.2) is 38.9 Å². The Balaban J connectivity index is 1.35. The van der Waals surface area contributed by atoms with Gasteiger partial charge in [-0.15, -0.1) is 23.1 Å². The molecule has 3 atom stereocenters. The van der Waals surface area contributed by atoms with E-state index in [2.05, 4.69) is 25.9 Å². The van der Waals surface area contributed by atoms with Crippen molar-refractivity contribution in [3.63, 3.8) is 0 Å². The lowest BCUT2D eigenvalue weighted by molar-refractivity contribution is -0.882. The van der Waals surface area contributed by atoms with Crippen LogP contribution in [-0.4, -0.2) is 134 Å². The second-order valence-corrected chi connectivity index (χ2v) is 17.8. The van der Waals surface area contributed by atoms with Crippen molar-refractivity contribution in [3.05, 3.63) is 50.5 Å². The van der Waals surface area contributed by atoms with E-state index in [0.717, 1.165) is 22.3 Å². The molecule has 3 aliphatic rings. The third kappa shape index (κ3) is 8.12. The molecule has 3 aromatic rings. The van der Waals surface area contributed by atoms with E-state index in [1.54, 1.807) is 13.8 Å². The third-order valence-corrected chi connectivity index (χ3v) is 14.7. The molecule has 2 aromatic heterocycles. The maximum absolute atomic E-state index is 14.4. The highest BCUT2D eigenvalue weighted by atomic mass is 32.2. The molecule has 0 radical (unpaired) electrons. The van der Waals surface area contributed by atoms with Crippen LogP contribution < -0.4 is 26.9 Å². The summed E-state index contributed by atoms with van der Waals surface area (Å²) in [7, 11) is 0. The summed E-state index contributed by atoms with van der Waals surface area (Å²) in [5.41, 5.74) is 4.09. The van der Waals surface area contributed by atoms with Crippen molar-refractivity contribution in [1.29, 1.82) is 0 Å². The summed E-state index contributed by atoms with van der Waals surface area (Å²) in [4.78, 5) is 101. The van der Waals surface area contributed by atoms with Crippen molar-refractivity contribution in [2.45, 2.75) is 94.5 Å². The van der Waals surface area contributed by atoms with Crippen molar-refractivity contribution >= 4 is 80.5 Å². The topological polar surface area (TPSA) is 329 Å². The van der Waals surface area contributed by atoms with Gasteiger partial charge in [0.2, 0.25) is 11.5 Å². The largest absolute Gasteiger partial charge is 0.543 e. The first kappa shape index (κ1) is 46.2. The number of aromatic nitrogens is 3. The zero-order valence-electron chi connectivity index (χ0n) is 34.7. The van der Waals surface area contributed by atoms with E-state index in [1.165, 1.54) is 27.9 Å². The zero-order valence-corrected chi connectivity index (χ0v) is 36.3. The number of carboxylic acids is 3. The van der Waals surface area contributed by atoms with Gasteiger partial charge >= 0.3 is 11.9 Å². The summed E-state index contributed by atoms with van der Waals surface area (Å²) in [6.07, 6.45) is -0.749. The van der Waals surface area contributed by atoms with Gasteiger partial charge in [-0.2, -0.15) is 5.10 Å². The number of carboxylic acid groups (broad SMARTS) is 3. The molecule has 24 heteroatoms. The molecule has 0 spiro atoms. The molecule has 2 saturated heterocycles. The van der Waals surface area contributed by atoms with Gasteiger partial charge in [0.15, 0.2) is 33.7 Å². The van der Waals surface area contributed by atoms with E-state index in [0.29, 0.717) is 44.5 Å². The normalized spacial score (nSPS) is 20.8. The summed E-state index contributed by atoms with van der Waals surface area (Å²) in [5.74, 6) is -8.48. The summed E-state index contributed by atoms with van der Waals surface area (Å²) in [6, 6.07) is 0.888. The Morgan fingerprint density at radius 2 is 1.73 bits per heavy atom. The van der Waals surface area contributed by atoms with Crippen LogP contribution in [0.3, 0.4) is 0 Å². The molecule has 0 bridgehead atoms. The first-order valence-electron chi connectivity index (χ1n) is 20.2. The maximum Gasteiger partial charge on any atom is 0.348 e. The number of carbonyl (C=O) groups is 6. The molecule has 338 valence electrons. The van der Waals surface area contributed by atoms with Gasteiger partial charge in [-0.3, -0.25) is 38.0 Å². The maximum atomic E-state index is 14.4. The Morgan fingerprint density at radius 1 is 1.06 bits per heavy atom. The quantitative estimate of drug-likeness (QED) is 0.0296. The number of nitrogen functional groups attached to an aromatic ring is 1. The fraction of sp³-hybridized carbons (Fsp3) is 0.487. The molecule has 0 saturated carbocycles. The monoisotopic (exact) mass is 913 g/mol. The van der Waals surface area contributed by atoms with E-state index in [1.807, 2.05) is 13.8 Å². The van der Waals surface area contributed by atoms with Crippen LogP contribution in [0.5, 0.6) is 11.5 Å². The number of hydrogen-bond donors (Lipinski definition) is 7. The van der Waals surface area contributed by atoms with Crippen LogP contribution in [0.1, 0.15) is 82.4 Å². The highest BCUT2D eigenvalue weighted by Crippen LogP contribution is 2.62. The second-order valence-electron chi connectivity index (χ2n) is 15.2. The summed E-state index contributed by atoms with van der Waals surface area (Å²) in [6.45, 7) is 8.45.